The molecule has 1 aromatic carbocycles. The second-order valence-electron chi connectivity index (χ2n) is 5.18. The van der Waals surface area contributed by atoms with E-state index in [-0.39, 0.29) is 5.41 Å². The molecule has 88 valence electrons. The minimum Gasteiger partial charge on any atom is -0.492 e. The van der Waals surface area contributed by atoms with E-state index < -0.39 is 0 Å². The Hall–Kier alpha value is -0.500. The molecule has 1 aliphatic rings. The minimum absolute atomic E-state index is 0.157. The van der Waals surface area contributed by atoms with Gasteiger partial charge in [-0.05, 0) is 18.1 Å². The first-order valence-corrected chi connectivity index (χ1v) is 6.87. The van der Waals surface area contributed by atoms with Crippen LogP contribution in [0.4, 0.5) is 0 Å². The Morgan fingerprint density at radius 2 is 2.19 bits per heavy atom. The molecule has 0 radical (unpaired) electrons. The van der Waals surface area contributed by atoms with Gasteiger partial charge in [-0.1, -0.05) is 55.3 Å². The molecule has 0 fully saturated rings. The summed E-state index contributed by atoms with van der Waals surface area (Å²) in [5.74, 6) is 1.06. The van der Waals surface area contributed by atoms with Gasteiger partial charge in [-0.25, -0.2) is 0 Å². The van der Waals surface area contributed by atoms with E-state index in [0.717, 1.165) is 12.4 Å². The highest BCUT2D eigenvalue weighted by Crippen LogP contribution is 2.41. The Kier molecular flexibility index (Phi) is 3.29. The van der Waals surface area contributed by atoms with Crippen LogP contribution in [0.25, 0.3) is 0 Å². The van der Waals surface area contributed by atoms with Crippen LogP contribution in [0.15, 0.2) is 18.2 Å². The van der Waals surface area contributed by atoms with E-state index in [1.165, 1.54) is 24.0 Å². The molecule has 1 heterocycles. The first kappa shape index (κ1) is 12.0. The van der Waals surface area contributed by atoms with Crippen LogP contribution in [0.5, 0.6) is 5.75 Å². The maximum Gasteiger partial charge on any atom is 0.123 e. The van der Waals surface area contributed by atoms with Crippen molar-refractivity contribution in [3.05, 3.63) is 29.3 Å². The summed E-state index contributed by atoms with van der Waals surface area (Å²) >= 11 is 3.75. The van der Waals surface area contributed by atoms with Crippen LogP contribution < -0.4 is 4.74 Å². The van der Waals surface area contributed by atoms with Gasteiger partial charge < -0.3 is 4.74 Å². The molecule has 1 atom stereocenters. The van der Waals surface area contributed by atoms with Gasteiger partial charge in [0.15, 0.2) is 0 Å². The Bertz CT molecular complexity index is 384. The maximum absolute atomic E-state index is 5.69. The van der Waals surface area contributed by atoms with Gasteiger partial charge in [-0.3, -0.25) is 0 Å². The first-order chi connectivity index (χ1) is 7.54. The van der Waals surface area contributed by atoms with Crippen LogP contribution in [0.2, 0.25) is 0 Å². The van der Waals surface area contributed by atoms with Gasteiger partial charge in [0.05, 0.1) is 6.61 Å². The molecule has 0 saturated heterocycles. The monoisotopic (exact) mass is 282 g/mol. The van der Waals surface area contributed by atoms with Crippen LogP contribution in [0, 0.1) is 0 Å². The number of benzene rings is 1. The average Bonchev–Trinajstić information content (AvgIpc) is 2.55. The van der Waals surface area contributed by atoms with Crippen molar-refractivity contribution >= 4 is 15.9 Å². The number of hydrogen-bond acceptors (Lipinski definition) is 1. The van der Waals surface area contributed by atoms with Gasteiger partial charge in [0.25, 0.3) is 0 Å². The summed E-state index contributed by atoms with van der Waals surface area (Å²) in [7, 11) is 0. The van der Waals surface area contributed by atoms with Crippen molar-refractivity contribution in [2.24, 2.45) is 0 Å². The summed E-state index contributed by atoms with van der Waals surface area (Å²) in [5, 5.41) is 0. The summed E-state index contributed by atoms with van der Waals surface area (Å²) < 4.78 is 5.69. The summed E-state index contributed by atoms with van der Waals surface area (Å²) in [6, 6.07) is 6.59. The van der Waals surface area contributed by atoms with E-state index in [1.807, 2.05) is 0 Å². The number of alkyl halides is 1. The first-order valence-electron chi connectivity index (χ1n) is 5.96. The van der Waals surface area contributed by atoms with E-state index in [4.69, 9.17) is 4.74 Å². The molecular formula is C14H19BrO. The predicted octanol–water partition coefficient (Wildman–Crippen LogP) is 4.59. The van der Waals surface area contributed by atoms with Crippen LogP contribution in [-0.2, 0) is 5.41 Å². The van der Waals surface area contributed by atoms with Gasteiger partial charge in [-0.2, -0.15) is 0 Å². The van der Waals surface area contributed by atoms with Crippen molar-refractivity contribution in [1.29, 1.82) is 0 Å². The molecule has 0 saturated carbocycles. The lowest BCUT2D eigenvalue weighted by atomic mass is 9.86. The second kappa shape index (κ2) is 4.40. The number of hydrogen-bond donors (Lipinski definition) is 0. The summed E-state index contributed by atoms with van der Waals surface area (Å²) in [6.45, 7) is 7.50. The zero-order chi connectivity index (χ0) is 11.8. The molecule has 0 spiro atoms. The molecule has 1 aromatic rings. The van der Waals surface area contributed by atoms with Crippen molar-refractivity contribution in [3.8, 4) is 5.75 Å². The van der Waals surface area contributed by atoms with Crippen LogP contribution in [0.1, 0.15) is 49.6 Å². The third kappa shape index (κ3) is 2.13. The summed E-state index contributed by atoms with van der Waals surface area (Å²) in [4.78, 5) is 0.471. The van der Waals surface area contributed by atoms with Crippen molar-refractivity contribution in [2.75, 3.05) is 6.61 Å². The number of fused-ring (bicyclic) bond motifs is 1. The van der Waals surface area contributed by atoms with Gasteiger partial charge in [0.2, 0.25) is 0 Å². The predicted molar refractivity (Wildman–Crippen MR) is 71.5 cm³/mol. The van der Waals surface area contributed by atoms with Gasteiger partial charge in [0.1, 0.15) is 5.75 Å². The Balaban J connectivity index is 2.32. The Morgan fingerprint density at radius 3 is 2.88 bits per heavy atom. The van der Waals surface area contributed by atoms with E-state index >= 15 is 0 Å². The largest absolute Gasteiger partial charge is 0.492 e. The highest BCUT2D eigenvalue weighted by atomic mass is 79.9. The highest BCUT2D eigenvalue weighted by molar-refractivity contribution is 9.09. The number of rotatable bonds is 3. The van der Waals surface area contributed by atoms with Crippen molar-refractivity contribution in [2.45, 2.75) is 43.9 Å². The lowest BCUT2D eigenvalue weighted by Gasteiger charge is -2.17. The quantitative estimate of drug-likeness (QED) is 0.737. The molecule has 2 rings (SSSR count). The maximum atomic E-state index is 5.69. The Labute approximate surface area is 106 Å². The smallest absolute Gasteiger partial charge is 0.123 e. The molecule has 16 heavy (non-hydrogen) atoms. The average molecular weight is 283 g/mol. The third-order valence-corrected chi connectivity index (χ3v) is 4.21. The third-order valence-electron chi connectivity index (χ3n) is 3.23. The lowest BCUT2D eigenvalue weighted by Crippen LogP contribution is -2.18. The summed E-state index contributed by atoms with van der Waals surface area (Å²) in [6.07, 6.45) is 2.38. The molecule has 0 aliphatic carbocycles. The second-order valence-corrected chi connectivity index (χ2v) is 6.29. The van der Waals surface area contributed by atoms with E-state index in [2.05, 4.69) is 54.9 Å². The fraction of sp³-hybridized carbons (Fsp3) is 0.571. The topological polar surface area (TPSA) is 9.23 Å². The Morgan fingerprint density at radius 1 is 1.44 bits per heavy atom. The van der Waals surface area contributed by atoms with Gasteiger partial charge >= 0.3 is 0 Å². The molecule has 0 aromatic heterocycles. The lowest BCUT2D eigenvalue weighted by molar-refractivity contribution is 0.291. The molecule has 0 amide bonds. The SMILES string of the molecule is CCCC(Br)c1ccc2c(c1)C(C)(C)CO2. The molecular weight excluding hydrogens is 264 g/mol. The minimum atomic E-state index is 0.157. The zero-order valence-corrected chi connectivity index (χ0v) is 11.8. The molecule has 1 unspecified atom stereocenters. The van der Waals surface area contributed by atoms with Crippen molar-refractivity contribution in [1.82, 2.24) is 0 Å². The summed E-state index contributed by atoms with van der Waals surface area (Å²) in [5.41, 5.74) is 2.88. The zero-order valence-electron chi connectivity index (χ0n) is 10.2. The number of ether oxygens (including phenoxy) is 1. The van der Waals surface area contributed by atoms with E-state index in [9.17, 15) is 0 Å². The van der Waals surface area contributed by atoms with Crippen LogP contribution >= 0.6 is 15.9 Å². The van der Waals surface area contributed by atoms with Crippen LogP contribution in [-0.4, -0.2) is 6.61 Å². The van der Waals surface area contributed by atoms with Crippen molar-refractivity contribution in [3.63, 3.8) is 0 Å². The standard InChI is InChI=1S/C14H19BrO/c1-4-5-12(15)10-6-7-13-11(8-10)14(2,3)9-16-13/h6-8,12H,4-5,9H2,1-3H3. The van der Waals surface area contributed by atoms with Crippen LogP contribution in [0.3, 0.4) is 0 Å². The van der Waals surface area contributed by atoms with Gasteiger partial charge in [-0.15, -0.1) is 0 Å². The van der Waals surface area contributed by atoms with Crippen molar-refractivity contribution < 1.29 is 4.74 Å². The molecule has 0 bridgehead atoms. The molecule has 1 nitrogen and oxygen atoms in total. The molecule has 1 aliphatic heterocycles. The number of halogens is 1. The fourth-order valence-corrected chi connectivity index (χ4v) is 2.90. The molecule has 2 heteroatoms. The van der Waals surface area contributed by atoms with E-state index in [1.54, 1.807) is 0 Å². The fourth-order valence-electron chi connectivity index (χ4n) is 2.15. The van der Waals surface area contributed by atoms with Gasteiger partial charge in [0, 0.05) is 15.8 Å². The molecule has 0 N–H and O–H groups in total. The normalized spacial score (nSPS) is 19.0. The van der Waals surface area contributed by atoms with E-state index in [0.29, 0.717) is 4.83 Å². The highest BCUT2D eigenvalue weighted by Gasteiger charge is 2.32.